The zero-order chi connectivity index (χ0) is 17.6. The Balaban J connectivity index is 1.74. The third-order valence-corrected chi connectivity index (χ3v) is 4.73. The van der Waals surface area contributed by atoms with Crippen molar-refractivity contribution in [2.45, 2.75) is 52.4 Å². The maximum absolute atomic E-state index is 5.88. The van der Waals surface area contributed by atoms with Crippen molar-refractivity contribution in [3.8, 4) is 0 Å². The average molecular weight is 339 g/mol. The Kier molecular flexibility index (Phi) is 6.05. The van der Waals surface area contributed by atoms with Gasteiger partial charge < -0.3 is 4.74 Å². The molecule has 0 aliphatic carbocycles. The number of hydrogen-bond donors (Lipinski definition) is 0. The normalized spacial score (nSPS) is 17.3. The molecule has 0 N–H and O–H groups in total. The molecule has 1 aromatic heterocycles. The molecular formula is C21H29N3O. The van der Waals surface area contributed by atoms with Gasteiger partial charge in [-0.15, -0.1) is 6.58 Å². The lowest BCUT2D eigenvalue weighted by Crippen LogP contribution is -2.31. The summed E-state index contributed by atoms with van der Waals surface area (Å²) >= 11 is 0. The molecule has 134 valence electrons. The fourth-order valence-electron chi connectivity index (χ4n) is 3.51. The van der Waals surface area contributed by atoms with Crippen LogP contribution in [0.1, 0.15) is 35.2 Å². The van der Waals surface area contributed by atoms with E-state index in [-0.39, 0.29) is 0 Å². The molecule has 2 heterocycles. The van der Waals surface area contributed by atoms with Gasteiger partial charge in [0.05, 0.1) is 18.3 Å². The number of aryl methyl sites for hydroxylation is 2. The summed E-state index contributed by atoms with van der Waals surface area (Å²) < 4.78 is 7.85. The van der Waals surface area contributed by atoms with E-state index in [1.54, 1.807) is 0 Å². The van der Waals surface area contributed by atoms with Crippen LogP contribution in [0, 0.1) is 13.8 Å². The summed E-state index contributed by atoms with van der Waals surface area (Å²) in [7, 11) is 0. The third kappa shape index (κ3) is 5.03. The smallest absolute Gasteiger partial charge is 0.0703 e. The molecule has 1 fully saturated rings. The fraction of sp³-hybridized carbons (Fsp3) is 0.476. The third-order valence-electron chi connectivity index (χ3n) is 4.73. The molecule has 2 aromatic rings. The minimum Gasteiger partial charge on any atom is -0.377 e. The lowest BCUT2D eigenvalue weighted by atomic mass is 10.1. The zero-order valence-corrected chi connectivity index (χ0v) is 15.4. The molecule has 1 atom stereocenters. The van der Waals surface area contributed by atoms with Crippen LogP contribution in [0.5, 0.6) is 0 Å². The highest BCUT2D eigenvalue weighted by Crippen LogP contribution is 2.19. The number of benzene rings is 1. The first-order valence-corrected chi connectivity index (χ1v) is 9.17. The van der Waals surface area contributed by atoms with Crippen molar-refractivity contribution in [3.63, 3.8) is 0 Å². The molecule has 4 nitrogen and oxygen atoms in total. The highest BCUT2D eigenvalue weighted by Gasteiger charge is 2.20. The van der Waals surface area contributed by atoms with Gasteiger partial charge in [-0.1, -0.05) is 35.9 Å². The van der Waals surface area contributed by atoms with E-state index in [0.717, 1.165) is 38.5 Å². The summed E-state index contributed by atoms with van der Waals surface area (Å²) in [6, 6.07) is 8.78. The molecule has 4 heteroatoms. The Morgan fingerprint density at radius 3 is 2.96 bits per heavy atom. The van der Waals surface area contributed by atoms with E-state index in [2.05, 4.69) is 60.9 Å². The van der Waals surface area contributed by atoms with Crippen LogP contribution in [0.3, 0.4) is 0 Å². The fourth-order valence-corrected chi connectivity index (χ4v) is 3.51. The van der Waals surface area contributed by atoms with Gasteiger partial charge in [0.2, 0.25) is 0 Å². The van der Waals surface area contributed by atoms with Crippen LogP contribution in [0.2, 0.25) is 0 Å². The van der Waals surface area contributed by atoms with E-state index in [1.165, 1.54) is 29.5 Å². The summed E-state index contributed by atoms with van der Waals surface area (Å²) in [5, 5.41) is 4.59. The zero-order valence-electron chi connectivity index (χ0n) is 15.4. The van der Waals surface area contributed by atoms with Gasteiger partial charge in [0.15, 0.2) is 0 Å². The topological polar surface area (TPSA) is 30.3 Å². The van der Waals surface area contributed by atoms with Gasteiger partial charge in [-0.3, -0.25) is 9.58 Å². The predicted octanol–water partition coefficient (Wildman–Crippen LogP) is 3.87. The predicted molar refractivity (Wildman–Crippen MR) is 101 cm³/mol. The van der Waals surface area contributed by atoms with Crippen LogP contribution >= 0.6 is 0 Å². The Morgan fingerprint density at radius 1 is 1.36 bits per heavy atom. The summed E-state index contributed by atoms with van der Waals surface area (Å²) in [4.78, 5) is 2.49. The van der Waals surface area contributed by atoms with Crippen LogP contribution in [-0.4, -0.2) is 33.9 Å². The van der Waals surface area contributed by atoms with Crippen LogP contribution in [0.15, 0.2) is 43.1 Å². The van der Waals surface area contributed by atoms with Gasteiger partial charge in [0.1, 0.15) is 0 Å². The van der Waals surface area contributed by atoms with Crippen molar-refractivity contribution < 1.29 is 4.74 Å². The second kappa shape index (κ2) is 8.45. The second-order valence-corrected chi connectivity index (χ2v) is 7.04. The Labute approximate surface area is 151 Å². The first-order valence-electron chi connectivity index (χ1n) is 9.17. The SMILES string of the molecule is C=CCn1cc(CN(Cc2cccc(C)c2)CC2CCCO2)c(C)n1. The molecular weight excluding hydrogens is 310 g/mol. The van der Waals surface area contributed by atoms with E-state index in [1.807, 2.05) is 10.8 Å². The summed E-state index contributed by atoms with van der Waals surface area (Å²) in [5.74, 6) is 0. The molecule has 3 rings (SSSR count). The number of rotatable bonds is 8. The molecule has 0 radical (unpaired) electrons. The first-order chi connectivity index (χ1) is 12.1. The number of allylic oxidation sites excluding steroid dienone is 1. The molecule has 0 bridgehead atoms. The maximum atomic E-state index is 5.88. The molecule has 1 aliphatic rings. The van der Waals surface area contributed by atoms with Crippen LogP contribution in [-0.2, 0) is 24.4 Å². The van der Waals surface area contributed by atoms with Gasteiger partial charge >= 0.3 is 0 Å². The Morgan fingerprint density at radius 2 is 2.24 bits per heavy atom. The van der Waals surface area contributed by atoms with E-state index in [9.17, 15) is 0 Å². The minimum absolute atomic E-state index is 0.355. The molecule has 1 aliphatic heterocycles. The number of aromatic nitrogens is 2. The molecule has 0 spiro atoms. The van der Waals surface area contributed by atoms with E-state index >= 15 is 0 Å². The molecule has 25 heavy (non-hydrogen) atoms. The van der Waals surface area contributed by atoms with Crippen LogP contribution in [0.25, 0.3) is 0 Å². The first kappa shape index (κ1) is 17.9. The van der Waals surface area contributed by atoms with Crippen molar-refractivity contribution in [3.05, 3.63) is 65.5 Å². The standard InChI is InChI=1S/C21H29N3O/c1-4-10-24-15-20(18(3)22-24)14-23(16-21-9-6-11-25-21)13-19-8-5-7-17(2)12-19/h4-5,7-8,12,15,21H,1,6,9-11,13-14,16H2,2-3H3. The summed E-state index contributed by atoms with van der Waals surface area (Å²) in [5.41, 5.74) is 5.05. The monoisotopic (exact) mass is 339 g/mol. The number of hydrogen-bond acceptors (Lipinski definition) is 3. The van der Waals surface area contributed by atoms with Gasteiger partial charge in [0, 0.05) is 38.0 Å². The van der Waals surface area contributed by atoms with Crippen molar-refractivity contribution >= 4 is 0 Å². The summed E-state index contributed by atoms with van der Waals surface area (Å²) in [6.07, 6.45) is 6.73. The van der Waals surface area contributed by atoms with Crippen molar-refractivity contribution in [1.29, 1.82) is 0 Å². The van der Waals surface area contributed by atoms with Crippen LogP contribution in [0.4, 0.5) is 0 Å². The van der Waals surface area contributed by atoms with Gasteiger partial charge in [-0.2, -0.15) is 5.10 Å². The van der Waals surface area contributed by atoms with E-state index in [4.69, 9.17) is 4.74 Å². The van der Waals surface area contributed by atoms with Gasteiger partial charge in [-0.25, -0.2) is 0 Å². The minimum atomic E-state index is 0.355. The van der Waals surface area contributed by atoms with Gasteiger partial charge in [0.25, 0.3) is 0 Å². The molecule has 1 aromatic carbocycles. The molecule has 0 amide bonds. The number of ether oxygens (including phenoxy) is 1. The van der Waals surface area contributed by atoms with Crippen molar-refractivity contribution in [2.75, 3.05) is 13.2 Å². The quantitative estimate of drug-likeness (QED) is 0.684. The highest BCUT2D eigenvalue weighted by molar-refractivity contribution is 5.22. The largest absolute Gasteiger partial charge is 0.377 e. The van der Waals surface area contributed by atoms with E-state index < -0.39 is 0 Å². The lowest BCUT2D eigenvalue weighted by molar-refractivity contribution is 0.0678. The lowest BCUT2D eigenvalue weighted by Gasteiger charge is -2.25. The summed E-state index contributed by atoms with van der Waals surface area (Å²) in [6.45, 7) is 12.5. The van der Waals surface area contributed by atoms with Gasteiger partial charge in [-0.05, 0) is 32.3 Å². The highest BCUT2D eigenvalue weighted by atomic mass is 16.5. The average Bonchev–Trinajstić information content (AvgIpc) is 3.18. The van der Waals surface area contributed by atoms with Crippen molar-refractivity contribution in [1.82, 2.24) is 14.7 Å². The Bertz CT molecular complexity index is 701. The van der Waals surface area contributed by atoms with Crippen LogP contribution < -0.4 is 0 Å². The molecule has 1 saturated heterocycles. The molecule has 1 unspecified atom stereocenters. The maximum Gasteiger partial charge on any atom is 0.0703 e. The Hall–Kier alpha value is -1.91. The second-order valence-electron chi connectivity index (χ2n) is 7.04. The van der Waals surface area contributed by atoms with Crippen molar-refractivity contribution in [2.24, 2.45) is 0 Å². The number of nitrogens with zero attached hydrogens (tertiary/aromatic N) is 3. The molecule has 0 saturated carbocycles. The van der Waals surface area contributed by atoms with E-state index in [0.29, 0.717) is 6.10 Å².